The third-order valence-electron chi connectivity index (χ3n) is 7.74. The molecular formula is C29H47F2N9O2. The first-order chi connectivity index (χ1) is 19.7. The number of piperidine rings is 1. The minimum Gasteiger partial charge on any atom is -0.388 e. The van der Waals surface area contributed by atoms with Crippen LogP contribution in [0.2, 0.25) is 0 Å². The van der Waals surface area contributed by atoms with Crippen molar-refractivity contribution in [1.82, 2.24) is 25.9 Å². The van der Waals surface area contributed by atoms with Crippen molar-refractivity contribution in [2.24, 2.45) is 22.7 Å². The quantitative estimate of drug-likeness (QED) is 0.0769. The van der Waals surface area contributed by atoms with Crippen LogP contribution in [0.3, 0.4) is 0 Å². The topological polar surface area (TPSA) is 142 Å². The van der Waals surface area contributed by atoms with E-state index >= 15 is 0 Å². The average Bonchev–Trinajstić information content (AvgIpc) is 3.16. The molecule has 13 heteroatoms. The summed E-state index contributed by atoms with van der Waals surface area (Å²) in [5.74, 6) is 1.92. The molecule has 0 spiro atoms. The highest BCUT2D eigenvalue weighted by Gasteiger charge is 2.43. The molecule has 0 aromatic carbocycles. The summed E-state index contributed by atoms with van der Waals surface area (Å²) in [6.07, 6.45) is 4.51. The normalized spacial score (nSPS) is 19.0. The van der Waals surface area contributed by atoms with E-state index in [9.17, 15) is 13.6 Å². The zero-order valence-corrected chi connectivity index (χ0v) is 25.9. The van der Waals surface area contributed by atoms with E-state index in [4.69, 9.17) is 5.73 Å². The molecule has 234 valence electrons. The number of rotatable bonds is 13. The first-order valence-electron chi connectivity index (χ1n) is 14.5. The number of carbonyl (C=O) groups excluding carboxylic acids is 1. The van der Waals surface area contributed by atoms with Crippen LogP contribution < -0.4 is 31.9 Å². The molecule has 0 aliphatic carbocycles. The molecule has 1 fully saturated rings. The van der Waals surface area contributed by atoms with E-state index in [0.29, 0.717) is 17.4 Å². The number of amides is 1. The second-order valence-electron chi connectivity index (χ2n) is 12.3. The number of hydrogen-bond donors (Lipinski definition) is 5. The van der Waals surface area contributed by atoms with Gasteiger partial charge < -0.3 is 36.7 Å². The van der Waals surface area contributed by atoms with E-state index in [1.54, 1.807) is 13.1 Å². The van der Waals surface area contributed by atoms with Gasteiger partial charge in [0.15, 0.2) is 12.4 Å². The number of amidine groups is 1. The summed E-state index contributed by atoms with van der Waals surface area (Å²) in [5.41, 5.74) is 7.64. The molecule has 11 nitrogen and oxygen atoms in total. The Morgan fingerprint density at radius 1 is 1.26 bits per heavy atom. The fourth-order valence-corrected chi connectivity index (χ4v) is 5.23. The zero-order chi connectivity index (χ0) is 31.1. The van der Waals surface area contributed by atoms with Crippen LogP contribution >= 0.6 is 0 Å². The van der Waals surface area contributed by atoms with E-state index in [0.717, 1.165) is 56.1 Å². The summed E-state index contributed by atoms with van der Waals surface area (Å²) in [6.45, 7) is 14.7. The Morgan fingerprint density at radius 2 is 1.95 bits per heavy atom. The maximum atomic E-state index is 12.5. The minimum absolute atomic E-state index is 0.00220. The third kappa shape index (κ3) is 8.52. The van der Waals surface area contributed by atoms with Gasteiger partial charge in [-0.05, 0) is 71.4 Å². The SMILES string of the molecule is CNC(=C\C=C(\NCCNC(C)(C)C)C(C)C1CCN(c2ncnc3c2C(C)(C)C(=O)N3)CC1)/C(N)=N/OCC(F)F. The minimum atomic E-state index is -2.63. The van der Waals surface area contributed by atoms with Gasteiger partial charge in [0.25, 0.3) is 6.43 Å². The highest BCUT2D eigenvalue weighted by molar-refractivity contribution is 6.06. The average molecular weight is 592 g/mol. The molecule has 1 unspecified atom stereocenters. The van der Waals surface area contributed by atoms with Crippen LogP contribution in [0.25, 0.3) is 0 Å². The van der Waals surface area contributed by atoms with Gasteiger partial charge in [0.2, 0.25) is 5.91 Å². The number of anilines is 2. The van der Waals surface area contributed by atoms with Crippen LogP contribution in [0.15, 0.2) is 35.0 Å². The van der Waals surface area contributed by atoms with Gasteiger partial charge in [0, 0.05) is 44.5 Å². The van der Waals surface area contributed by atoms with Gasteiger partial charge in [-0.25, -0.2) is 18.7 Å². The number of alkyl halides is 2. The standard InChI is InChI=1S/C29H47F2N9O2/c1-18(19-10-14-40(15-11-19)26-23-25(35-17-36-26)38-27(41)29(23,5)6)20(34-12-13-37-28(2,3)4)8-9-21(33-7)24(32)39-42-16-22(30)31/h8-9,17-19,22,33-34,37H,10-16H2,1-7H3,(H2,32,39)(H,35,36,38,41)/b20-8+,21-9-. The Labute approximate surface area is 247 Å². The number of carbonyl (C=O) groups is 1. The van der Waals surface area contributed by atoms with Crippen LogP contribution in [-0.2, 0) is 15.0 Å². The number of nitrogens with two attached hydrogens (primary N) is 1. The van der Waals surface area contributed by atoms with Gasteiger partial charge in [-0.3, -0.25) is 4.79 Å². The van der Waals surface area contributed by atoms with Gasteiger partial charge in [0.05, 0.1) is 16.7 Å². The van der Waals surface area contributed by atoms with Gasteiger partial charge in [0.1, 0.15) is 18.0 Å². The third-order valence-corrected chi connectivity index (χ3v) is 7.74. The predicted molar refractivity (Wildman–Crippen MR) is 162 cm³/mol. The molecule has 1 atom stereocenters. The van der Waals surface area contributed by atoms with E-state index in [1.807, 2.05) is 19.9 Å². The fraction of sp³-hybridized carbons (Fsp3) is 0.655. The number of halogens is 2. The van der Waals surface area contributed by atoms with E-state index in [1.165, 1.54) is 6.33 Å². The lowest BCUT2D eigenvalue weighted by molar-refractivity contribution is -0.119. The molecule has 2 aliphatic rings. The summed E-state index contributed by atoms with van der Waals surface area (Å²) < 4.78 is 24.8. The van der Waals surface area contributed by atoms with Crippen molar-refractivity contribution < 1.29 is 18.4 Å². The predicted octanol–water partition coefficient (Wildman–Crippen LogP) is 3.08. The van der Waals surface area contributed by atoms with Gasteiger partial charge in [-0.1, -0.05) is 12.1 Å². The first kappa shape index (κ1) is 33.0. The molecule has 42 heavy (non-hydrogen) atoms. The van der Waals surface area contributed by atoms with Crippen molar-refractivity contribution >= 4 is 23.4 Å². The number of nitrogens with zero attached hydrogens (tertiary/aromatic N) is 4. The maximum Gasteiger partial charge on any atom is 0.274 e. The van der Waals surface area contributed by atoms with E-state index in [-0.39, 0.29) is 23.2 Å². The molecule has 6 N–H and O–H groups in total. The van der Waals surface area contributed by atoms with Crippen molar-refractivity contribution in [3.8, 4) is 0 Å². The summed E-state index contributed by atoms with van der Waals surface area (Å²) in [6, 6.07) is 0. The van der Waals surface area contributed by atoms with Crippen LogP contribution in [0.1, 0.15) is 59.9 Å². The Morgan fingerprint density at radius 3 is 2.57 bits per heavy atom. The molecule has 0 radical (unpaired) electrons. The Balaban J connectivity index is 1.75. The number of oxime groups is 1. The summed E-state index contributed by atoms with van der Waals surface area (Å²) in [4.78, 5) is 28.3. The molecule has 3 rings (SSSR count). The summed E-state index contributed by atoms with van der Waals surface area (Å²) in [7, 11) is 1.68. The lowest BCUT2D eigenvalue weighted by Gasteiger charge is -2.37. The summed E-state index contributed by atoms with van der Waals surface area (Å²) >= 11 is 0. The van der Waals surface area contributed by atoms with Gasteiger partial charge >= 0.3 is 0 Å². The van der Waals surface area contributed by atoms with Crippen molar-refractivity contribution in [2.45, 2.75) is 71.8 Å². The molecular weight excluding hydrogens is 544 g/mol. The van der Waals surface area contributed by atoms with Crippen LogP contribution in [0.5, 0.6) is 0 Å². The lowest BCUT2D eigenvalue weighted by atomic mass is 9.82. The van der Waals surface area contributed by atoms with E-state index in [2.05, 4.69) is 73.8 Å². The number of fused-ring (bicyclic) bond motifs is 1. The van der Waals surface area contributed by atoms with E-state index < -0.39 is 18.4 Å². The molecule has 0 saturated carbocycles. The Hall–Kier alpha value is -3.48. The second-order valence-corrected chi connectivity index (χ2v) is 12.3. The molecule has 3 heterocycles. The second kappa shape index (κ2) is 14.1. The van der Waals surface area contributed by atoms with Crippen LogP contribution in [0.4, 0.5) is 20.4 Å². The number of aromatic nitrogens is 2. The molecule has 2 aliphatic heterocycles. The number of likely N-dealkylation sites (N-methyl/N-ethyl adjacent to an activating group) is 1. The van der Waals surface area contributed by atoms with Crippen molar-refractivity contribution in [3.63, 3.8) is 0 Å². The molecule has 1 saturated heterocycles. The van der Waals surface area contributed by atoms with Crippen molar-refractivity contribution in [1.29, 1.82) is 0 Å². The molecule has 1 amide bonds. The number of allylic oxidation sites excluding steroid dienone is 3. The van der Waals surface area contributed by atoms with Crippen molar-refractivity contribution in [3.05, 3.63) is 35.4 Å². The summed E-state index contributed by atoms with van der Waals surface area (Å²) in [5, 5.41) is 16.5. The molecule has 1 aromatic rings. The number of nitrogens with one attached hydrogen (secondary N) is 4. The largest absolute Gasteiger partial charge is 0.388 e. The van der Waals surface area contributed by atoms with Crippen LogP contribution in [-0.4, -0.2) is 73.5 Å². The van der Waals surface area contributed by atoms with Crippen LogP contribution in [0, 0.1) is 11.8 Å². The van der Waals surface area contributed by atoms with Crippen molar-refractivity contribution in [2.75, 3.05) is 50.1 Å². The maximum absolute atomic E-state index is 12.5. The highest BCUT2D eigenvalue weighted by Crippen LogP contribution is 2.42. The first-order valence-corrected chi connectivity index (χ1v) is 14.5. The smallest absolute Gasteiger partial charge is 0.274 e. The Bertz CT molecular complexity index is 1170. The molecule has 1 aromatic heterocycles. The Kier molecular flexibility index (Phi) is 11.1. The van der Waals surface area contributed by atoms with Gasteiger partial charge in [-0.2, -0.15) is 0 Å². The lowest BCUT2D eigenvalue weighted by Crippen LogP contribution is -2.41. The monoisotopic (exact) mass is 591 g/mol. The fourth-order valence-electron chi connectivity index (χ4n) is 5.23. The zero-order valence-electron chi connectivity index (χ0n) is 25.9. The highest BCUT2D eigenvalue weighted by atomic mass is 19.3. The number of hydrogen-bond acceptors (Lipinski definition) is 9. The molecule has 0 bridgehead atoms. The van der Waals surface area contributed by atoms with Gasteiger partial charge in [-0.15, -0.1) is 0 Å².